The second kappa shape index (κ2) is 7.18. The van der Waals surface area contributed by atoms with Crippen molar-refractivity contribution in [1.29, 1.82) is 0 Å². The first-order chi connectivity index (χ1) is 12.6. The smallest absolute Gasteiger partial charge is 0.322 e. The molecule has 0 aromatic heterocycles. The van der Waals surface area contributed by atoms with E-state index in [9.17, 15) is 14.4 Å². The Bertz CT molecular complexity index is 587. The topological polar surface area (TPSA) is 81.8 Å². The number of carbonyl (C=O) groups excluding carboxylic acids is 3. The Morgan fingerprint density at radius 2 is 1.77 bits per heavy atom. The molecular weight excluding hydrogens is 332 g/mol. The first-order valence-corrected chi connectivity index (χ1v) is 10.3. The van der Waals surface area contributed by atoms with E-state index in [1.54, 1.807) is 0 Å². The minimum Gasteiger partial charge on any atom is -0.322 e. The van der Waals surface area contributed by atoms with Gasteiger partial charge in [-0.15, -0.1) is 0 Å². The summed E-state index contributed by atoms with van der Waals surface area (Å²) in [5.74, 6) is 0.963. The molecular formula is C19H30N4O3. The van der Waals surface area contributed by atoms with Crippen LogP contribution in [0.4, 0.5) is 4.79 Å². The fourth-order valence-corrected chi connectivity index (χ4v) is 5.40. The molecule has 7 heteroatoms. The number of rotatable bonds is 3. The number of likely N-dealkylation sites (tertiary alicyclic amines) is 1. The fourth-order valence-electron chi connectivity index (χ4n) is 5.40. The molecule has 2 aliphatic carbocycles. The minimum absolute atomic E-state index is 0.257. The molecule has 0 aromatic carbocycles. The van der Waals surface area contributed by atoms with Crippen molar-refractivity contribution in [2.24, 2.45) is 11.8 Å². The summed E-state index contributed by atoms with van der Waals surface area (Å²) in [7, 11) is 0. The zero-order valence-electron chi connectivity index (χ0n) is 15.5. The summed E-state index contributed by atoms with van der Waals surface area (Å²) in [6, 6.07) is -0.490. The van der Waals surface area contributed by atoms with E-state index in [-0.39, 0.29) is 18.4 Å². The molecule has 0 aromatic rings. The molecule has 4 rings (SSSR count). The van der Waals surface area contributed by atoms with Gasteiger partial charge in [-0.25, -0.2) is 4.79 Å². The Balaban J connectivity index is 1.32. The third kappa shape index (κ3) is 3.33. The van der Waals surface area contributed by atoms with Gasteiger partial charge in [-0.2, -0.15) is 5.01 Å². The summed E-state index contributed by atoms with van der Waals surface area (Å²) >= 11 is 0. The van der Waals surface area contributed by atoms with E-state index in [2.05, 4.69) is 15.6 Å². The van der Waals surface area contributed by atoms with Crippen molar-refractivity contribution in [1.82, 2.24) is 20.7 Å². The van der Waals surface area contributed by atoms with Crippen LogP contribution in [0.15, 0.2) is 0 Å². The number of fused-ring (bicyclic) bond motifs is 1. The average Bonchev–Trinajstić information content (AvgIpc) is 2.86. The summed E-state index contributed by atoms with van der Waals surface area (Å²) in [5.41, 5.74) is 1.77. The van der Waals surface area contributed by atoms with E-state index < -0.39 is 11.6 Å². The lowest BCUT2D eigenvalue weighted by atomic mass is 9.75. The maximum atomic E-state index is 12.7. The first-order valence-electron chi connectivity index (χ1n) is 10.3. The van der Waals surface area contributed by atoms with Crippen molar-refractivity contribution < 1.29 is 14.4 Å². The third-order valence-electron chi connectivity index (χ3n) is 6.85. The molecule has 0 unspecified atom stereocenters. The number of nitrogens with one attached hydrogen (secondary N) is 2. The molecule has 4 fully saturated rings. The molecule has 26 heavy (non-hydrogen) atoms. The van der Waals surface area contributed by atoms with E-state index in [0.29, 0.717) is 18.8 Å². The van der Waals surface area contributed by atoms with Crippen molar-refractivity contribution in [3.8, 4) is 0 Å². The summed E-state index contributed by atoms with van der Waals surface area (Å²) in [4.78, 5) is 39.6. The standard InChI is InChI=1S/C19H30N4O3/c24-16(13-22-11-8-14-6-2-3-7-15(14)12-22)21-23-17(25)19(20-18(23)26)9-4-1-5-10-19/h14-15H,1-13H2,(H,20,26)(H,21,24)/t14-,15+/m0/s1. The predicted molar refractivity (Wildman–Crippen MR) is 95.8 cm³/mol. The molecule has 2 heterocycles. The zero-order chi connectivity index (χ0) is 18.1. The molecule has 4 amide bonds. The van der Waals surface area contributed by atoms with Crippen LogP contribution in [-0.4, -0.2) is 52.9 Å². The molecule has 1 spiro atoms. The second-order valence-electron chi connectivity index (χ2n) is 8.58. The molecule has 2 aliphatic heterocycles. The first kappa shape index (κ1) is 17.8. The number of urea groups is 1. The van der Waals surface area contributed by atoms with Gasteiger partial charge in [-0.3, -0.25) is 19.9 Å². The van der Waals surface area contributed by atoms with Crippen LogP contribution >= 0.6 is 0 Å². The fraction of sp³-hybridized carbons (Fsp3) is 0.842. The van der Waals surface area contributed by atoms with Gasteiger partial charge in [0, 0.05) is 6.54 Å². The van der Waals surface area contributed by atoms with Crippen molar-refractivity contribution in [3.63, 3.8) is 0 Å². The Labute approximate surface area is 154 Å². The highest BCUT2D eigenvalue weighted by molar-refractivity contribution is 6.08. The summed E-state index contributed by atoms with van der Waals surface area (Å²) in [6.07, 6.45) is 10.7. The van der Waals surface area contributed by atoms with Crippen molar-refractivity contribution in [2.45, 2.75) is 69.7 Å². The largest absolute Gasteiger partial charge is 0.344 e. The van der Waals surface area contributed by atoms with Crippen molar-refractivity contribution in [3.05, 3.63) is 0 Å². The molecule has 4 aliphatic rings. The van der Waals surface area contributed by atoms with Gasteiger partial charge in [0.2, 0.25) is 0 Å². The van der Waals surface area contributed by atoms with Crippen LogP contribution in [0.5, 0.6) is 0 Å². The lowest BCUT2D eigenvalue weighted by molar-refractivity contribution is -0.140. The van der Waals surface area contributed by atoms with Crippen LogP contribution < -0.4 is 10.7 Å². The molecule has 2 saturated heterocycles. The van der Waals surface area contributed by atoms with Crippen LogP contribution in [0, 0.1) is 11.8 Å². The van der Waals surface area contributed by atoms with Crippen LogP contribution in [0.2, 0.25) is 0 Å². The van der Waals surface area contributed by atoms with E-state index in [4.69, 9.17) is 0 Å². The predicted octanol–water partition coefficient (Wildman–Crippen LogP) is 1.78. The van der Waals surface area contributed by atoms with Crippen LogP contribution in [0.25, 0.3) is 0 Å². The summed E-state index contributed by atoms with van der Waals surface area (Å²) in [5, 5.41) is 3.74. The van der Waals surface area contributed by atoms with E-state index >= 15 is 0 Å². The van der Waals surface area contributed by atoms with Gasteiger partial charge < -0.3 is 5.32 Å². The normalized spacial score (nSPS) is 31.6. The van der Waals surface area contributed by atoms with Gasteiger partial charge >= 0.3 is 6.03 Å². The SMILES string of the molecule is O=C(CN1CC[C@@H]2CCCC[C@@H]2C1)NN1C(=O)NC2(CCCCC2)C1=O. The lowest BCUT2D eigenvalue weighted by Crippen LogP contribution is -2.53. The Kier molecular flexibility index (Phi) is 4.90. The van der Waals surface area contributed by atoms with Gasteiger partial charge in [0.25, 0.3) is 11.8 Å². The molecule has 2 atom stereocenters. The zero-order valence-corrected chi connectivity index (χ0v) is 15.5. The van der Waals surface area contributed by atoms with Crippen molar-refractivity contribution in [2.75, 3.05) is 19.6 Å². The molecule has 0 radical (unpaired) electrons. The maximum absolute atomic E-state index is 12.7. The van der Waals surface area contributed by atoms with Gasteiger partial charge in [-0.1, -0.05) is 38.5 Å². The third-order valence-corrected chi connectivity index (χ3v) is 6.85. The van der Waals surface area contributed by atoms with E-state index in [1.807, 2.05) is 0 Å². The summed E-state index contributed by atoms with van der Waals surface area (Å²) in [6.45, 7) is 2.15. The minimum atomic E-state index is -0.789. The highest BCUT2D eigenvalue weighted by atomic mass is 16.2. The van der Waals surface area contributed by atoms with Gasteiger partial charge in [0.1, 0.15) is 5.54 Å². The van der Waals surface area contributed by atoms with E-state index in [0.717, 1.165) is 49.7 Å². The Morgan fingerprint density at radius 1 is 1.04 bits per heavy atom. The van der Waals surface area contributed by atoms with Gasteiger partial charge in [0.05, 0.1) is 6.54 Å². The van der Waals surface area contributed by atoms with Crippen molar-refractivity contribution >= 4 is 17.8 Å². The molecule has 144 valence electrons. The Morgan fingerprint density at radius 3 is 2.54 bits per heavy atom. The number of nitrogens with zero attached hydrogens (tertiary/aromatic N) is 2. The average molecular weight is 362 g/mol. The summed E-state index contributed by atoms with van der Waals surface area (Å²) < 4.78 is 0. The monoisotopic (exact) mass is 362 g/mol. The molecule has 2 saturated carbocycles. The van der Waals surface area contributed by atoms with Gasteiger partial charge in [-0.05, 0) is 44.1 Å². The number of hydrazine groups is 1. The quantitative estimate of drug-likeness (QED) is 0.750. The number of hydrogen-bond acceptors (Lipinski definition) is 4. The maximum Gasteiger partial charge on any atom is 0.344 e. The van der Waals surface area contributed by atoms with E-state index in [1.165, 1.54) is 25.7 Å². The highest BCUT2D eigenvalue weighted by Crippen LogP contribution is 2.36. The lowest BCUT2D eigenvalue weighted by Gasteiger charge is -2.41. The second-order valence-corrected chi connectivity index (χ2v) is 8.58. The number of hydrogen-bond donors (Lipinski definition) is 2. The van der Waals surface area contributed by atoms with Crippen LogP contribution in [0.3, 0.4) is 0 Å². The number of piperidine rings is 1. The number of carbonyl (C=O) groups is 3. The van der Waals surface area contributed by atoms with Crippen LogP contribution in [0.1, 0.15) is 64.2 Å². The molecule has 2 N–H and O–H groups in total. The number of imide groups is 1. The number of amides is 4. The molecule has 0 bridgehead atoms. The Hall–Kier alpha value is -1.63. The van der Waals surface area contributed by atoms with Crippen LogP contribution in [-0.2, 0) is 9.59 Å². The highest BCUT2D eigenvalue weighted by Gasteiger charge is 2.52. The van der Waals surface area contributed by atoms with Gasteiger partial charge in [0.15, 0.2) is 0 Å². The molecule has 7 nitrogen and oxygen atoms in total.